The van der Waals surface area contributed by atoms with Crippen molar-refractivity contribution in [1.82, 2.24) is 0 Å². The topological polar surface area (TPSA) is 72.8 Å². The van der Waals surface area contributed by atoms with Gasteiger partial charge in [0.2, 0.25) is 0 Å². The highest BCUT2D eigenvalue weighted by Gasteiger charge is 2.25. The first-order chi connectivity index (χ1) is 13.0. The van der Waals surface area contributed by atoms with E-state index in [1.54, 1.807) is 42.5 Å². The molecule has 6 heteroatoms. The van der Waals surface area contributed by atoms with E-state index in [9.17, 15) is 14.3 Å². The summed E-state index contributed by atoms with van der Waals surface area (Å²) in [5.74, 6) is 0.380. The summed E-state index contributed by atoms with van der Waals surface area (Å²) in [6, 6.07) is 24.1. The van der Waals surface area contributed by atoms with Crippen LogP contribution in [0.1, 0.15) is 22.3 Å². The van der Waals surface area contributed by atoms with Crippen LogP contribution in [0.2, 0.25) is 0 Å². The maximum absolute atomic E-state index is 12.3. The third-order valence-electron chi connectivity index (χ3n) is 3.84. The number of hydrogen-bond donors (Lipinski definition) is 1. The average Bonchev–Trinajstić information content (AvgIpc) is 2.67. The molecule has 1 N–H and O–H groups in total. The Labute approximate surface area is 157 Å². The largest absolute Gasteiger partial charge is 0.584 e. The van der Waals surface area contributed by atoms with Gasteiger partial charge in [0.25, 0.3) is 0 Å². The summed E-state index contributed by atoms with van der Waals surface area (Å²) in [5, 5.41) is 0. The molecule has 3 aromatic rings. The zero-order valence-electron chi connectivity index (χ0n) is 14.5. The minimum atomic E-state index is -4.31. The van der Waals surface area contributed by atoms with Crippen LogP contribution in [0.25, 0.3) is 0 Å². The number of aryl methyl sites for hydroxylation is 1. The quantitative estimate of drug-likeness (QED) is 0.435. The lowest BCUT2D eigenvalue weighted by Gasteiger charge is -2.13. The van der Waals surface area contributed by atoms with Crippen LogP contribution in [0.3, 0.4) is 0 Å². The number of para-hydroxylation sites is 1. The molecule has 3 rings (SSSR count). The van der Waals surface area contributed by atoms with E-state index < -0.39 is 7.82 Å². The second-order valence-electron chi connectivity index (χ2n) is 5.90. The minimum Gasteiger partial charge on any atom is -0.395 e. The first-order valence-electron chi connectivity index (χ1n) is 8.46. The summed E-state index contributed by atoms with van der Waals surface area (Å²) in [7, 11) is -4.31. The summed E-state index contributed by atoms with van der Waals surface area (Å²) in [4.78, 5) is 22.1. The molecule has 0 aromatic heterocycles. The van der Waals surface area contributed by atoms with Gasteiger partial charge in [-0.25, -0.2) is 4.57 Å². The van der Waals surface area contributed by atoms with Crippen molar-refractivity contribution in [2.24, 2.45) is 0 Å². The highest BCUT2D eigenvalue weighted by Crippen LogP contribution is 2.44. The molecule has 1 unspecified atom stereocenters. The standard InChI is InChI=1S/C21H19O5P/c22-21(16-11-17-7-3-1-4-8-17)18-12-14-20(15-13-18)26-27(23,24)25-19-9-5-2-6-10-19/h1-10,12-15H,11,16H2,(H,23,24). The molecule has 1 atom stereocenters. The predicted molar refractivity (Wildman–Crippen MR) is 103 cm³/mol. The van der Waals surface area contributed by atoms with E-state index in [4.69, 9.17) is 9.05 Å². The second kappa shape index (κ2) is 8.67. The summed E-state index contributed by atoms with van der Waals surface area (Å²) in [6.45, 7) is 0. The van der Waals surface area contributed by atoms with Crippen LogP contribution in [0, 0.1) is 0 Å². The molecule has 138 valence electrons. The summed E-state index contributed by atoms with van der Waals surface area (Å²) in [6.07, 6.45) is 1.05. The highest BCUT2D eigenvalue weighted by atomic mass is 31.2. The SMILES string of the molecule is O=C(CCc1ccccc1)c1ccc(OP(=O)(O)Oc2ccccc2)cc1. The van der Waals surface area contributed by atoms with Gasteiger partial charge >= 0.3 is 7.82 Å². The molecule has 0 aliphatic heterocycles. The van der Waals surface area contributed by atoms with Crippen molar-refractivity contribution in [2.45, 2.75) is 12.8 Å². The predicted octanol–water partition coefficient (Wildman–Crippen LogP) is 5.06. The Morgan fingerprint density at radius 3 is 1.89 bits per heavy atom. The number of ketones is 1. The fraction of sp³-hybridized carbons (Fsp3) is 0.0952. The molecule has 0 aliphatic rings. The van der Waals surface area contributed by atoms with Gasteiger partial charge in [-0.05, 0) is 48.4 Å². The van der Waals surface area contributed by atoms with E-state index in [0.29, 0.717) is 18.4 Å². The van der Waals surface area contributed by atoms with Crippen LogP contribution in [-0.2, 0) is 11.0 Å². The van der Waals surface area contributed by atoms with Crippen LogP contribution in [0.15, 0.2) is 84.9 Å². The number of phosphoric acid groups is 1. The number of carbonyl (C=O) groups is 1. The summed E-state index contributed by atoms with van der Waals surface area (Å²) in [5.41, 5.74) is 1.63. The third kappa shape index (κ3) is 5.81. The monoisotopic (exact) mass is 382 g/mol. The van der Waals surface area contributed by atoms with Crippen molar-refractivity contribution in [3.05, 3.63) is 96.1 Å². The molecule has 27 heavy (non-hydrogen) atoms. The van der Waals surface area contributed by atoms with Crippen molar-refractivity contribution < 1.29 is 23.3 Å². The van der Waals surface area contributed by atoms with Gasteiger partial charge in [0, 0.05) is 12.0 Å². The van der Waals surface area contributed by atoms with Gasteiger partial charge in [-0.3, -0.25) is 9.69 Å². The molecule has 0 aliphatic carbocycles. The van der Waals surface area contributed by atoms with E-state index in [1.165, 1.54) is 12.1 Å². The van der Waals surface area contributed by atoms with Gasteiger partial charge in [-0.2, -0.15) is 0 Å². The molecule has 0 amide bonds. The van der Waals surface area contributed by atoms with Gasteiger partial charge in [-0.1, -0.05) is 48.5 Å². The van der Waals surface area contributed by atoms with Crippen LogP contribution < -0.4 is 9.05 Å². The van der Waals surface area contributed by atoms with Gasteiger partial charge in [-0.15, -0.1) is 0 Å². The number of carbonyl (C=O) groups excluding carboxylic acids is 1. The maximum atomic E-state index is 12.3. The van der Waals surface area contributed by atoms with Crippen molar-refractivity contribution in [1.29, 1.82) is 0 Å². The molecule has 0 spiro atoms. The molecule has 0 heterocycles. The lowest BCUT2D eigenvalue weighted by Crippen LogP contribution is -2.02. The molecule has 5 nitrogen and oxygen atoms in total. The Balaban J connectivity index is 1.58. The van der Waals surface area contributed by atoms with E-state index in [-0.39, 0.29) is 17.3 Å². The average molecular weight is 382 g/mol. The van der Waals surface area contributed by atoms with Crippen molar-refractivity contribution in [3.8, 4) is 11.5 Å². The van der Waals surface area contributed by atoms with Crippen molar-refractivity contribution in [3.63, 3.8) is 0 Å². The Kier molecular flexibility index (Phi) is 6.07. The first-order valence-corrected chi connectivity index (χ1v) is 9.96. The van der Waals surface area contributed by atoms with Gasteiger partial charge < -0.3 is 9.05 Å². The Bertz CT molecular complexity index is 924. The number of hydrogen-bond acceptors (Lipinski definition) is 4. The molecular weight excluding hydrogens is 363 g/mol. The van der Waals surface area contributed by atoms with Crippen LogP contribution in [0.5, 0.6) is 11.5 Å². The van der Waals surface area contributed by atoms with Gasteiger partial charge in [0.1, 0.15) is 11.5 Å². The Morgan fingerprint density at radius 1 is 0.778 bits per heavy atom. The number of phosphoric ester groups is 1. The Hall–Kier alpha value is -2.88. The number of benzene rings is 3. The molecule has 0 radical (unpaired) electrons. The number of Topliss-reactive ketones (excluding diaryl/α,β-unsaturated/α-hetero) is 1. The Morgan fingerprint density at radius 2 is 1.30 bits per heavy atom. The maximum Gasteiger partial charge on any atom is 0.584 e. The molecule has 0 bridgehead atoms. The smallest absolute Gasteiger partial charge is 0.395 e. The van der Waals surface area contributed by atoms with Gasteiger partial charge in [0.15, 0.2) is 5.78 Å². The van der Waals surface area contributed by atoms with E-state index >= 15 is 0 Å². The first kappa shape index (κ1) is 18.9. The summed E-state index contributed by atoms with van der Waals surface area (Å²) < 4.78 is 22.1. The van der Waals surface area contributed by atoms with Crippen molar-refractivity contribution in [2.75, 3.05) is 0 Å². The second-order valence-corrected chi connectivity index (χ2v) is 7.20. The molecule has 0 fully saturated rings. The molecule has 0 saturated carbocycles. The summed E-state index contributed by atoms with van der Waals surface area (Å²) >= 11 is 0. The fourth-order valence-electron chi connectivity index (χ4n) is 2.51. The highest BCUT2D eigenvalue weighted by molar-refractivity contribution is 7.48. The van der Waals surface area contributed by atoms with Gasteiger partial charge in [0.05, 0.1) is 0 Å². The minimum absolute atomic E-state index is 0.00174. The molecule has 3 aromatic carbocycles. The zero-order valence-corrected chi connectivity index (χ0v) is 15.4. The van der Waals surface area contributed by atoms with Crippen molar-refractivity contribution >= 4 is 13.6 Å². The van der Waals surface area contributed by atoms with E-state index in [1.807, 2.05) is 30.3 Å². The molecule has 0 saturated heterocycles. The van der Waals surface area contributed by atoms with Crippen LogP contribution in [0.4, 0.5) is 0 Å². The third-order valence-corrected chi connectivity index (χ3v) is 4.73. The van der Waals surface area contributed by atoms with Crippen LogP contribution >= 0.6 is 7.82 Å². The lowest BCUT2D eigenvalue weighted by atomic mass is 10.0. The zero-order chi connectivity index (χ0) is 19.1. The molecular formula is C21H19O5P. The normalized spacial score (nSPS) is 12.8. The van der Waals surface area contributed by atoms with E-state index in [2.05, 4.69) is 0 Å². The fourth-order valence-corrected chi connectivity index (χ4v) is 3.33. The lowest BCUT2D eigenvalue weighted by molar-refractivity contribution is 0.0983. The van der Waals surface area contributed by atoms with E-state index in [0.717, 1.165) is 5.56 Å². The number of rotatable bonds is 8. The van der Waals surface area contributed by atoms with Crippen LogP contribution in [-0.4, -0.2) is 10.7 Å².